The van der Waals surface area contributed by atoms with E-state index >= 15 is 0 Å². The topological polar surface area (TPSA) is 72.8 Å². The summed E-state index contributed by atoms with van der Waals surface area (Å²) in [7, 11) is 1.52. The van der Waals surface area contributed by atoms with Crippen LogP contribution in [-0.4, -0.2) is 30.1 Å². The molecule has 5 heteroatoms. The second kappa shape index (κ2) is 5.16. The molecule has 86 valence electrons. The summed E-state index contributed by atoms with van der Waals surface area (Å²) < 4.78 is 9.96. The quantitative estimate of drug-likeness (QED) is 0.758. The number of benzene rings is 1. The molecule has 0 aliphatic rings. The maximum atomic E-state index is 11.0. The number of carbonyl (C=O) groups excluding carboxylic acids is 1. The minimum atomic E-state index is -1.46. The van der Waals surface area contributed by atoms with Crippen LogP contribution in [0.1, 0.15) is 6.92 Å². The van der Waals surface area contributed by atoms with E-state index in [1.165, 1.54) is 26.2 Å². The number of hydrogen-bond acceptors (Lipinski definition) is 4. The van der Waals surface area contributed by atoms with Crippen molar-refractivity contribution >= 4 is 11.8 Å². The van der Waals surface area contributed by atoms with Crippen LogP contribution in [0, 0.1) is 0 Å². The van der Waals surface area contributed by atoms with Crippen molar-refractivity contribution < 1.29 is 24.2 Å². The highest BCUT2D eigenvalue weighted by Gasteiger charge is 2.24. The molecule has 1 rings (SSSR count). The molecule has 0 aliphatic heterocycles. The van der Waals surface area contributed by atoms with Gasteiger partial charge in [0.1, 0.15) is 11.5 Å². The normalized spacial score (nSPS) is 11.6. The Labute approximate surface area is 92.6 Å². The van der Waals surface area contributed by atoms with Gasteiger partial charge in [0.25, 0.3) is 6.10 Å². The lowest BCUT2D eigenvalue weighted by Crippen LogP contribution is -2.33. The largest absolute Gasteiger partial charge is 0.497 e. The van der Waals surface area contributed by atoms with Gasteiger partial charge in [-0.25, -0.2) is 4.79 Å². The van der Waals surface area contributed by atoms with Gasteiger partial charge >= 0.3 is 5.97 Å². The van der Waals surface area contributed by atoms with Crippen molar-refractivity contribution in [1.29, 1.82) is 0 Å². The Morgan fingerprint density at radius 3 is 2.06 bits per heavy atom. The van der Waals surface area contributed by atoms with Crippen LogP contribution in [-0.2, 0) is 9.59 Å². The second-order valence-electron chi connectivity index (χ2n) is 3.12. The monoisotopic (exact) mass is 224 g/mol. The van der Waals surface area contributed by atoms with E-state index in [1.54, 1.807) is 12.1 Å². The molecule has 0 aliphatic carbocycles. The van der Waals surface area contributed by atoms with E-state index in [-0.39, 0.29) is 0 Å². The molecule has 0 fully saturated rings. The van der Waals surface area contributed by atoms with E-state index in [1.807, 2.05) is 0 Å². The Hall–Kier alpha value is -2.04. The molecule has 0 aromatic heterocycles. The summed E-state index contributed by atoms with van der Waals surface area (Å²) in [6, 6.07) is 6.32. The minimum absolute atomic E-state index is 0.309. The van der Waals surface area contributed by atoms with Gasteiger partial charge in [-0.15, -0.1) is 0 Å². The molecule has 1 aromatic carbocycles. The van der Waals surface area contributed by atoms with Crippen LogP contribution in [0.2, 0.25) is 0 Å². The summed E-state index contributed by atoms with van der Waals surface area (Å²) in [5, 5.41) is 8.74. The highest BCUT2D eigenvalue weighted by Crippen LogP contribution is 2.18. The number of rotatable bonds is 5. The maximum absolute atomic E-state index is 11.0. The van der Waals surface area contributed by atoms with Gasteiger partial charge in [-0.2, -0.15) is 0 Å². The first-order valence-corrected chi connectivity index (χ1v) is 4.58. The SMILES string of the molecule is COc1ccc(OC(C(C)=O)C(=O)O)cc1. The number of ketones is 1. The van der Waals surface area contributed by atoms with Gasteiger partial charge in [-0.3, -0.25) is 4.79 Å². The smallest absolute Gasteiger partial charge is 0.352 e. The number of aliphatic carboxylic acids is 1. The van der Waals surface area contributed by atoms with Crippen LogP contribution >= 0.6 is 0 Å². The van der Waals surface area contributed by atoms with Gasteiger partial charge in [-0.1, -0.05) is 0 Å². The molecule has 0 saturated heterocycles. The molecule has 0 spiro atoms. The third-order valence-corrected chi connectivity index (χ3v) is 1.91. The van der Waals surface area contributed by atoms with Crippen molar-refractivity contribution in [1.82, 2.24) is 0 Å². The Bertz CT molecular complexity index is 368. The number of carboxylic acids is 1. The van der Waals surface area contributed by atoms with Crippen molar-refractivity contribution in [2.75, 3.05) is 7.11 Å². The van der Waals surface area contributed by atoms with Crippen molar-refractivity contribution in [3.63, 3.8) is 0 Å². The highest BCUT2D eigenvalue weighted by atomic mass is 16.5. The van der Waals surface area contributed by atoms with Crippen molar-refractivity contribution in [2.45, 2.75) is 13.0 Å². The lowest BCUT2D eigenvalue weighted by atomic mass is 10.2. The molecule has 0 heterocycles. The second-order valence-corrected chi connectivity index (χ2v) is 3.12. The average Bonchev–Trinajstić information content (AvgIpc) is 2.25. The molecule has 1 atom stereocenters. The van der Waals surface area contributed by atoms with Gasteiger partial charge in [0.15, 0.2) is 5.78 Å². The van der Waals surface area contributed by atoms with Gasteiger partial charge in [0.2, 0.25) is 0 Å². The standard InChI is InChI=1S/C11H12O5/c1-7(12)10(11(13)14)16-9-5-3-8(15-2)4-6-9/h3-6,10H,1-2H3,(H,13,14). The van der Waals surface area contributed by atoms with Crippen LogP contribution in [0.4, 0.5) is 0 Å². The van der Waals surface area contributed by atoms with Crippen LogP contribution < -0.4 is 9.47 Å². The minimum Gasteiger partial charge on any atom is -0.497 e. The molecule has 1 N–H and O–H groups in total. The lowest BCUT2D eigenvalue weighted by molar-refractivity contribution is -0.149. The highest BCUT2D eigenvalue weighted by molar-refractivity contribution is 6.00. The summed E-state index contributed by atoms with van der Waals surface area (Å²) in [5.74, 6) is -0.919. The summed E-state index contributed by atoms with van der Waals surface area (Å²) in [6.07, 6.45) is -1.46. The molecule has 0 bridgehead atoms. The van der Waals surface area contributed by atoms with Gasteiger partial charge in [0, 0.05) is 0 Å². The molecule has 1 unspecified atom stereocenters. The first-order chi connectivity index (χ1) is 7.54. The van der Waals surface area contributed by atoms with E-state index in [0.717, 1.165) is 0 Å². The Balaban J connectivity index is 2.77. The first kappa shape index (κ1) is 12.0. The van der Waals surface area contributed by atoms with Crippen LogP contribution in [0.15, 0.2) is 24.3 Å². The third kappa shape index (κ3) is 2.98. The fraction of sp³-hybridized carbons (Fsp3) is 0.273. The molecular formula is C11H12O5. The van der Waals surface area contributed by atoms with Crippen LogP contribution in [0.5, 0.6) is 11.5 Å². The fourth-order valence-electron chi connectivity index (χ4n) is 1.10. The van der Waals surface area contributed by atoms with Crippen molar-refractivity contribution in [3.05, 3.63) is 24.3 Å². The predicted molar refractivity (Wildman–Crippen MR) is 55.7 cm³/mol. The lowest BCUT2D eigenvalue weighted by Gasteiger charge is -2.12. The van der Waals surface area contributed by atoms with Gasteiger partial charge < -0.3 is 14.6 Å². The first-order valence-electron chi connectivity index (χ1n) is 4.58. The third-order valence-electron chi connectivity index (χ3n) is 1.91. The van der Waals surface area contributed by atoms with E-state index in [4.69, 9.17) is 14.6 Å². The summed E-state index contributed by atoms with van der Waals surface area (Å²) in [6.45, 7) is 1.17. The molecule has 0 radical (unpaired) electrons. The molecule has 0 saturated carbocycles. The zero-order chi connectivity index (χ0) is 12.1. The average molecular weight is 224 g/mol. The number of hydrogen-bond donors (Lipinski definition) is 1. The zero-order valence-corrected chi connectivity index (χ0v) is 8.97. The van der Waals surface area contributed by atoms with E-state index in [0.29, 0.717) is 11.5 Å². The van der Waals surface area contributed by atoms with E-state index < -0.39 is 17.9 Å². The number of carboxylic acid groups (broad SMARTS) is 1. The van der Waals surface area contributed by atoms with Crippen LogP contribution in [0.25, 0.3) is 0 Å². The molecular weight excluding hydrogens is 212 g/mol. The predicted octanol–water partition coefficient (Wildman–Crippen LogP) is 1.12. The maximum Gasteiger partial charge on any atom is 0.352 e. The number of methoxy groups -OCH3 is 1. The molecule has 1 aromatic rings. The molecule has 0 amide bonds. The summed E-state index contributed by atoms with van der Waals surface area (Å²) in [5.41, 5.74) is 0. The van der Waals surface area contributed by atoms with Gasteiger partial charge in [-0.05, 0) is 31.2 Å². The summed E-state index contributed by atoms with van der Waals surface area (Å²) in [4.78, 5) is 21.7. The van der Waals surface area contributed by atoms with E-state index in [2.05, 4.69) is 0 Å². The number of carbonyl (C=O) groups is 2. The van der Waals surface area contributed by atoms with Crippen LogP contribution in [0.3, 0.4) is 0 Å². The number of Topliss-reactive ketones (excluding diaryl/α,β-unsaturated/α-hetero) is 1. The van der Waals surface area contributed by atoms with E-state index in [9.17, 15) is 9.59 Å². The zero-order valence-electron chi connectivity index (χ0n) is 8.97. The Morgan fingerprint density at radius 2 is 1.69 bits per heavy atom. The molecule has 5 nitrogen and oxygen atoms in total. The summed E-state index contributed by atoms with van der Waals surface area (Å²) >= 11 is 0. The van der Waals surface area contributed by atoms with Crippen molar-refractivity contribution in [2.24, 2.45) is 0 Å². The Morgan fingerprint density at radius 1 is 1.19 bits per heavy atom. The Kier molecular flexibility index (Phi) is 3.88. The van der Waals surface area contributed by atoms with Crippen molar-refractivity contribution in [3.8, 4) is 11.5 Å². The fourth-order valence-corrected chi connectivity index (χ4v) is 1.10. The van der Waals surface area contributed by atoms with Gasteiger partial charge in [0.05, 0.1) is 7.11 Å². The number of ether oxygens (including phenoxy) is 2. The molecule has 16 heavy (non-hydrogen) atoms.